The number of para-hydroxylation sites is 1. The van der Waals surface area contributed by atoms with Crippen LogP contribution >= 0.6 is 0 Å². The average Bonchev–Trinajstić information content (AvgIpc) is 2.82. The summed E-state index contributed by atoms with van der Waals surface area (Å²) in [7, 11) is 0. The number of carbonyl (C=O) groups is 2. The van der Waals surface area contributed by atoms with Gasteiger partial charge in [0.15, 0.2) is 11.0 Å². The third kappa shape index (κ3) is 6.54. The van der Waals surface area contributed by atoms with E-state index >= 15 is 0 Å². The van der Waals surface area contributed by atoms with Crippen molar-refractivity contribution in [3.05, 3.63) is 75.6 Å². The maximum Gasteiger partial charge on any atom is 0.374 e. The quantitative estimate of drug-likeness (QED) is 0.281. The molecule has 174 valence electrons. The molecule has 2 aromatic carbocycles. The van der Waals surface area contributed by atoms with Gasteiger partial charge in [-0.1, -0.05) is 57.2 Å². The van der Waals surface area contributed by atoms with Crippen LogP contribution in [0.5, 0.6) is 0 Å². The molecule has 0 unspecified atom stereocenters. The molecule has 3 aromatic rings. The van der Waals surface area contributed by atoms with Crippen LogP contribution in [-0.2, 0) is 11.2 Å². The fraction of sp³-hybridized carbons (Fsp3) is 0.370. The Hall–Kier alpha value is -3.41. The van der Waals surface area contributed by atoms with Gasteiger partial charge in [-0.15, -0.1) is 0 Å². The number of hydrogen-bond donors (Lipinski definition) is 1. The predicted octanol–water partition coefficient (Wildman–Crippen LogP) is 6.13. The SMILES string of the molecule is CCCCCCCCc1ccc(C(=O)Nc2cccc3c(=O)cc(C(=O)OCC)oc23)cc1. The van der Waals surface area contributed by atoms with Gasteiger partial charge in [0, 0.05) is 11.6 Å². The Morgan fingerprint density at radius 3 is 2.39 bits per heavy atom. The number of aryl methyl sites for hydroxylation is 1. The highest BCUT2D eigenvalue weighted by Gasteiger charge is 2.16. The van der Waals surface area contributed by atoms with E-state index in [0.717, 1.165) is 18.9 Å². The number of amides is 1. The largest absolute Gasteiger partial charge is 0.460 e. The lowest BCUT2D eigenvalue weighted by Gasteiger charge is -2.09. The molecule has 0 bridgehead atoms. The molecule has 0 aliphatic rings. The number of anilines is 1. The Morgan fingerprint density at radius 1 is 0.939 bits per heavy atom. The molecule has 6 nitrogen and oxygen atoms in total. The lowest BCUT2D eigenvalue weighted by Crippen LogP contribution is -2.14. The Bertz CT molecular complexity index is 1150. The van der Waals surface area contributed by atoms with Crippen molar-refractivity contribution in [1.29, 1.82) is 0 Å². The van der Waals surface area contributed by atoms with Crippen LogP contribution in [0.2, 0.25) is 0 Å². The highest BCUT2D eigenvalue weighted by molar-refractivity contribution is 6.08. The van der Waals surface area contributed by atoms with Crippen LogP contribution in [0.3, 0.4) is 0 Å². The number of ether oxygens (including phenoxy) is 1. The molecule has 1 N–H and O–H groups in total. The molecular formula is C27H31NO5. The molecule has 33 heavy (non-hydrogen) atoms. The monoisotopic (exact) mass is 449 g/mol. The number of hydrogen-bond acceptors (Lipinski definition) is 5. The van der Waals surface area contributed by atoms with E-state index in [1.54, 1.807) is 37.3 Å². The zero-order valence-corrected chi connectivity index (χ0v) is 19.3. The Balaban J connectivity index is 1.70. The second-order valence-corrected chi connectivity index (χ2v) is 8.05. The molecule has 0 saturated carbocycles. The number of rotatable bonds is 11. The van der Waals surface area contributed by atoms with Crippen LogP contribution < -0.4 is 10.7 Å². The summed E-state index contributed by atoms with van der Waals surface area (Å²) in [5, 5.41) is 3.07. The summed E-state index contributed by atoms with van der Waals surface area (Å²) in [6.45, 7) is 4.05. The van der Waals surface area contributed by atoms with Crippen molar-refractivity contribution in [1.82, 2.24) is 0 Å². The van der Waals surface area contributed by atoms with E-state index in [4.69, 9.17) is 9.15 Å². The minimum absolute atomic E-state index is 0.140. The first-order valence-corrected chi connectivity index (χ1v) is 11.7. The first kappa shape index (κ1) is 24.2. The van der Waals surface area contributed by atoms with Crippen LogP contribution in [0, 0.1) is 0 Å². The number of carbonyl (C=O) groups excluding carboxylic acids is 2. The lowest BCUT2D eigenvalue weighted by molar-refractivity contribution is 0.0490. The van der Waals surface area contributed by atoms with E-state index in [1.807, 2.05) is 12.1 Å². The van der Waals surface area contributed by atoms with Crippen molar-refractivity contribution in [2.24, 2.45) is 0 Å². The van der Waals surface area contributed by atoms with Gasteiger partial charge in [-0.05, 0) is 49.6 Å². The molecule has 0 aliphatic heterocycles. The molecule has 0 fully saturated rings. The van der Waals surface area contributed by atoms with E-state index in [2.05, 4.69) is 12.2 Å². The van der Waals surface area contributed by atoms with Crippen LogP contribution in [0.15, 0.2) is 57.7 Å². The van der Waals surface area contributed by atoms with Gasteiger partial charge in [0.25, 0.3) is 5.91 Å². The van der Waals surface area contributed by atoms with Crippen LogP contribution in [-0.4, -0.2) is 18.5 Å². The Labute approximate surface area is 194 Å². The van der Waals surface area contributed by atoms with Crippen molar-refractivity contribution in [3.8, 4) is 0 Å². The smallest absolute Gasteiger partial charge is 0.374 e. The second-order valence-electron chi connectivity index (χ2n) is 8.05. The van der Waals surface area contributed by atoms with Crippen molar-refractivity contribution in [2.45, 2.75) is 58.8 Å². The molecule has 1 heterocycles. The summed E-state index contributed by atoms with van der Waals surface area (Å²) < 4.78 is 10.6. The maximum absolute atomic E-state index is 12.8. The van der Waals surface area contributed by atoms with Crippen molar-refractivity contribution < 1.29 is 18.7 Å². The molecule has 0 saturated heterocycles. The summed E-state index contributed by atoms with van der Waals surface area (Å²) >= 11 is 0. The summed E-state index contributed by atoms with van der Waals surface area (Å²) in [5.41, 5.74) is 1.78. The van der Waals surface area contributed by atoms with Crippen LogP contribution in [0.25, 0.3) is 11.0 Å². The predicted molar refractivity (Wildman–Crippen MR) is 130 cm³/mol. The van der Waals surface area contributed by atoms with E-state index in [-0.39, 0.29) is 34.7 Å². The van der Waals surface area contributed by atoms with Gasteiger partial charge in [-0.3, -0.25) is 9.59 Å². The van der Waals surface area contributed by atoms with Gasteiger partial charge < -0.3 is 14.5 Å². The molecule has 0 radical (unpaired) electrons. The fourth-order valence-electron chi connectivity index (χ4n) is 3.71. The molecule has 1 amide bonds. The van der Waals surface area contributed by atoms with E-state index in [0.29, 0.717) is 11.3 Å². The standard InChI is InChI=1S/C27H31NO5/c1-3-5-6-7-8-9-11-19-14-16-20(17-15-19)26(30)28-22-13-10-12-21-23(29)18-24(33-25(21)22)27(31)32-4-2/h10,12-18H,3-9,11H2,1-2H3,(H,28,30). The minimum atomic E-state index is -0.724. The van der Waals surface area contributed by atoms with Crippen molar-refractivity contribution >= 4 is 28.5 Å². The van der Waals surface area contributed by atoms with Crippen LogP contribution in [0.4, 0.5) is 5.69 Å². The molecule has 3 rings (SSSR count). The summed E-state index contributed by atoms with van der Waals surface area (Å²) in [4.78, 5) is 37.3. The van der Waals surface area contributed by atoms with Gasteiger partial charge in [0.05, 0.1) is 17.7 Å². The molecule has 1 aromatic heterocycles. The van der Waals surface area contributed by atoms with E-state index < -0.39 is 5.97 Å². The molecule has 6 heteroatoms. The highest BCUT2D eigenvalue weighted by atomic mass is 16.5. The minimum Gasteiger partial charge on any atom is -0.460 e. The summed E-state index contributed by atoms with van der Waals surface area (Å²) in [6, 6.07) is 13.5. The second kappa shape index (κ2) is 12.0. The van der Waals surface area contributed by atoms with Crippen molar-refractivity contribution in [2.75, 3.05) is 11.9 Å². The van der Waals surface area contributed by atoms with Gasteiger partial charge in [0.1, 0.15) is 0 Å². The lowest BCUT2D eigenvalue weighted by atomic mass is 10.0. The highest BCUT2D eigenvalue weighted by Crippen LogP contribution is 2.23. The normalized spacial score (nSPS) is 10.8. The number of esters is 1. The van der Waals surface area contributed by atoms with Gasteiger partial charge >= 0.3 is 5.97 Å². The van der Waals surface area contributed by atoms with E-state index in [1.165, 1.54) is 37.7 Å². The number of nitrogens with one attached hydrogen (secondary N) is 1. The topological polar surface area (TPSA) is 85.6 Å². The van der Waals surface area contributed by atoms with E-state index in [9.17, 15) is 14.4 Å². The molecule has 0 atom stereocenters. The molecule has 0 aliphatic carbocycles. The molecule has 0 spiro atoms. The third-order valence-corrected chi connectivity index (χ3v) is 5.51. The fourth-order valence-corrected chi connectivity index (χ4v) is 3.71. The summed E-state index contributed by atoms with van der Waals surface area (Å²) in [5.74, 6) is -1.24. The number of benzene rings is 2. The van der Waals surface area contributed by atoms with Crippen LogP contribution in [0.1, 0.15) is 78.8 Å². The average molecular weight is 450 g/mol. The molecular weight excluding hydrogens is 418 g/mol. The van der Waals surface area contributed by atoms with Gasteiger partial charge in [0.2, 0.25) is 5.76 Å². The maximum atomic E-state index is 12.8. The Kier molecular flexibility index (Phi) is 8.81. The summed E-state index contributed by atoms with van der Waals surface area (Å²) in [6.07, 6.45) is 8.49. The number of unbranched alkanes of at least 4 members (excludes halogenated alkanes) is 5. The van der Waals surface area contributed by atoms with Gasteiger partial charge in [-0.2, -0.15) is 0 Å². The first-order valence-electron chi connectivity index (χ1n) is 11.7. The zero-order valence-electron chi connectivity index (χ0n) is 19.3. The first-order chi connectivity index (χ1) is 16.0. The third-order valence-electron chi connectivity index (χ3n) is 5.51. The zero-order chi connectivity index (χ0) is 23.6. The Morgan fingerprint density at radius 2 is 1.67 bits per heavy atom. The van der Waals surface area contributed by atoms with Gasteiger partial charge in [-0.25, -0.2) is 4.79 Å². The number of fused-ring (bicyclic) bond motifs is 1. The van der Waals surface area contributed by atoms with Crippen molar-refractivity contribution in [3.63, 3.8) is 0 Å².